The van der Waals surface area contributed by atoms with Crippen LogP contribution in [0.3, 0.4) is 0 Å². The minimum absolute atomic E-state index is 0.164. The predicted octanol–water partition coefficient (Wildman–Crippen LogP) is 4.99. The average Bonchev–Trinajstić information content (AvgIpc) is 3.20. The third kappa shape index (κ3) is 4.79. The Morgan fingerprint density at radius 3 is 2.54 bits per heavy atom. The lowest BCUT2D eigenvalue weighted by Gasteiger charge is -2.09. The summed E-state index contributed by atoms with van der Waals surface area (Å²) in [6.45, 7) is 1.74. The van der Waals surface area contributed by atoms with Crippen LogP contribution in [0.25, 0.3) is 0 Å². The Labute approximate surface area is 171 Å². The predicted molar refractivity (Wildman–Crippen MR) is 109 cm³/mol. The summed E-state index contributed by atoms with van der Waals surface area (Å²) in [4.78, 5) is 24.3. The first-order valence-corrected chi connectivity index (χ1v) is 8.94. The molecule has 0 saturated carbocycles. The number of halogens is 2. The van der Waals surface area contributed by atoms with Crippen LogP contribution in [0, 0.1) is 0 Å². The lowest BCUT2D eigenvalue weighted by Crippen LogP contribution is -2.18. The smallest absolute Gasteiger partial charge is 0.307 e. The zero-order valence-electron chi connectivity index (χ0n) is 14.7. The normalized spacial score (nSPS) is 11.2. The maximum atomic E-state index is 12.4. The fourth-order valence-corrected chi connectivity index (χ4v) is 2.85. The van der Waals surface area contributed by atoms with Gasteiger partial charge in [-0.05, 0) is 55.0 Å². The number of carbonyl (C=O) groups is 2. The molecular weight excluding hydrogens is 401 g/mol. The summed E-state index contributed by atoms with van der Waals surface area (Å²) >= 11 is 11.9. The summed E-state index contributed by atoms with van der Waals surface area (Å²) in [7, 11) is 0. The molecule has 3 aromatic rings. The first-order chi connectivity index (χ1) is 13.4. The summed E-state index contributed by atoms with van der Waals surface area (Å²) in [6, 6.07) is 14.9. The maximum absolute atomic E-state index is 12.4. The third-order valence-corrected chi connectivity index (χ3v) is 4.33. The van der Waals surface area contributed by atoms with Crippen molar-refractivity contribution in [2.45, 2.75) is 6.92 Å². The van der Waals surface area contributed by atoms with Gasteiger partial charge in [0.05, 0.1) is 22.6 Å². The van der Waals surface area contributed by atoms with Crippen molar-refractivity contribution in [3.63, 3.8) is 0 Å². The van der Waals surface area contributed by atoms with Crippen molar-refractivity contribution >= 4 is 46.4 Å². The molecule has 28 heavy (non-hydrogen) atoms. The molecule has 0 aliphatic carbocycles. The number of nitrogens with zero attached hydrogens (tertiary/aromatic N) is 1. The summed E-state index contributed by atoms with van der Waals surface area (Å²) in [5.41, 5.74) is 4.57. The summed E-state index contributed by atoms with van der Waals surface area (Å²) in [5.74, 6) is -0.650. The van der Waals surface area contributed by atoms with Crippen LogP contribution in [0.15, 0.2) is 70.4 Å². The molecule has 0 spiro atoms. The van der Waals surface area contributed by atoms with E-state index in [0.717, 1.165) is 5.56 Å². The van der Waals surface area contributed by atoms with Gasteiger partial charge in [0.2, 0.25) is 0 Å². The number of hydrazone groups is 1. The van der Waals surface area contributed by atoms with E-state index < -0.39 is 5.91 Å². The lowest BCUT2D eigenvalue weighted by molar-refractivity contribution is 0.0926. The highest BCUT2D eigenvalue weighted by molar-refractivity contribution is 6.37. The number of nitrogens with one attached hydrogen (secondary N) is 2. The molecule has 8 heteroatoms. The van der Waals surface area contributed by atoms with Crippen molar-refractivity contribution in [1.82, 2.24) is 5.43 Å². The Balaban J connectivity index is 1.71. The zero-order chi connectivity index (χ0) is 20.1. The molecular formula is C20H15Cl2N3O3. The molecule has 0 fully saturated rings. The van der Waals surface area contributed by atoms with Gasteiger partial charge in [0.1, 0.15) is 0 Å². The molecule has 142 valence electrons. The van der Waals surface area contributed by atoms with Crippen LogP contribution in [0.1, 0.15) is 33.4 Å². The second-order valence-corrected chi connectivity index (χ2v) is 6.62. The molecule has 0 aliphatic heterocycles. The van der Waals surface area contributed by atoms with E-state index in [9.17, 15) is 9.59 Å². The van der Waals surface area contributed by atoms with Crippen LogP contribution in [-0.2, 0) is 0 Å². The number of carbonyl (C=O) groups excluding carboxylic acids is 2. The highest BCUT2D eigenvalue weighted by Crippen LogP contribution is 2.22. The highest BCUT2D eigenvalue weighted by atomic mass is 35.5. The van der Waals surface area contributed by atoms with Gasteiger partial charge in [-0.25, -0.2) is 5.43 Å². The van der Waals surface area contributed by atoms with E-state index in [2.05, 4.69) is 15.8 Å². The molecule has 2 N–H and O–H groups in total. The molecule has 6 nitrogen and oxygen atoms in total. The van der Waals surface area contributed by atoms with Crippen molar-refractivity contribution in [2.75, 3.05) is 5.32 Å². The first kappa shape index (κ1) is 19.7. The molecule has 3 rings (SSSR count). The van der Waals surface area contributed by atoms with Gasteiger partial charge >= 0.3 is 5.91 Å². The van der Waals surface area contributed by atoms with Crippen LogP contribution < -0.4 is 10.7 Å². The van der Waals surface area contributed by atoms with Gasteiger partial charge in [0.15, 0.2) is 5.76 Å². The monoisotopic (exact) mass is 415 g/mol. The van der Waals surface area contributed by atoms with Crippen LogP contribution >= 0.6 is 23.2 Å². The van der Waals surface area contributed by atoms with Gasteiger partial charge in [-0.15, -0.1) is 0 Å². The van der Waals surface area contributed by atoms with Gasteiger partial charge in [-0.3, -0.25) is 9.59 Å². The summed E-state index contributed by atoms with van der Waals surface area (Å²) in [5, 5.41) is 7.55. The SMILES string of the molecule is C/C(=N\NC(=O)c1ccco1)c1cccc(NC(=O)c2ccc(Cl)cc2Cl)c1. The number of anilines is 1. The molecule has 0 bridgehead atoms. The van der Waals surface area contributed by atoms with Crippen LogP contribution in [-0.4, -0.2) is 17.5 Å². The molecule has 0 atom stereocenters. The number of hydrogen-bond donors (Lipinski definition) is 2. The quantitative estimate of drug-likeness (QED) is 0.454. The van der Waals surface area contributed by atoms with Crippen molar-refractivity contribution in [1.29, 1.82) is 0 Å². The molecule has 2 amide bonds. The van der Waals surface area contributed by atoms with Crippen molar-refractivity contribution in [2.24, 2.45) is 5.10 Å². The van der Waals surface area contributed by atoms with Gasteiger partial charge in [0.25, 0.3) is 5.91 Å². The van der Waals surface area contributed by atoms with E-state index in [1.54, 1.807) is 43.3 Å². The molecule has 1 aromatic heterocycles. The van der Waals surface area contributed by atoms with Crippen LogP contribution in [0.4, 0.5) is 5.69 Å². The van der Waals surface area contributed by atoms with E-state index in [0.29, 0.717) is 22.0 Å². The number of hydrogen-bond acceptors (Lipinski definition) is 4. The number of amides is 2. The molecule has 2 aromatic carbocycles. The Hall–Kier alpha value is -3.09. The van der Waals surface area contributed by atoms with E-state index in [-0.39, 0.29) is 16.7 Å². The Morgan fingerprint density at radius 2 is 1.82 bits per heavy atom. The van der Waals surface area contributed by atoms with Crippen LogP contribution in [0.5, 0.6) is 0 Å². The minimum Gasteiger partial charge on any atom is -0.459 e. The van der Waals surface area contributed by atoms with E-state index in [1.165, 1.54) is 18.4 Å². The van der Waals surface area contributed by atoms with Gasteiger partial charge in [-0.1, -0.05) is 35.3 Å². The van der Waals surface area contributed by atoms with E-state index in [4.69, 9.17) is 27.6 Å². The van der Waals surface area contributed by atoms with Gasteiger partial charge in [0, 0.05) is 10.7 Å². The van der Waals surface area contributed by atoms with Gasteiger partial charge < -0.3 is 9.73 Å². The second-order valence-electron chi connectivity index (χ2n) is 5.77. The van der Waals surface area contributed by atoms with E-state index in [1.807, 2.05) is 6.07 Å². The fourth-order valence-electron chi connectivity index (χ4n) is 2.36. The van der Waals surface area contributed by atoms with Crippen molar-refractivity contribution in [3.8, 4) is 0 Å². The highest BCUT2D eigenvalue weighted by Gasteiger charge is 2.12. The Morgan fingerprint density at radius 1 is 1.00 bits per heavy atom. The zero-order valence-corrected chi connectivity index (χ0v) is 16.2. The number of benzene rings is 2. The second kappa shape index (κ2) is 8.73. The van der Waals surface area contributed by atoms with Crippen LogP contribution in [0.2, 0.25) is 10.0 Å². The van der Waals surface area contributed by atoms with Crippen molar-refractivity contribution < 1.29 is 14.0 Å². The minimum atomic E-state index is -0.453. The number of furan rings is 1. The van der Waals surface area contributed by atoms with Gasteiger partial charge in [-0.2, -0.15) is 5.10 Å². The van der Waals surface area contributed by atoms with E-state index >= 15 is 0 Å². The first-order valence-electron chi connectivity index (χ1n) is 8.19. The molecule has 0 radical (unpaired) electrons. The maximum Gasteiger partial charge on any atom is 0.307 e. The summed E-state index contributed by atoms with van der Waals surface area (Å²) in [6.07, 6.45) is 1.41. The molecule has 0 aliphatic rings. The lowest BCUT2D eigenvalue weighted by atomic mass is 10.1. The topological polar surface area (TPSA) is 83.7 Å². The number of rotatable bonds is 5. The molecule has 1 heterocycles. The standard InChI is InChI=1S/C20H15Cl2N3O3/c1-12(24-25-20(27)18-6-3-9-28-18)13-4-2-5-15(10-13)23-19(26)16-8-7-14(21)11-17(16)22/h2-11H,1H3,(H,23,26)(H,25,27)/b24-12+. The Kier molecular flexibility index (Phi) is 6.13. The summed E-state index contributed by atoms with van der Waals surface area (Å²) < 4.78 is 5.01. The largest absolute Gasteiger partial charge is 0.459 e. The average molecular weight is 416 g/mol. The molecule has 0 saturated heterocycles. The third-order valence-electron chi connectivity index (χ3n) is 3.78. The van der Waals surface area contributed by atoms with Crippen molar-refractivity contribution in [3.05, 3.63) is 87.8 Å². The fraction of sp³-hybridized carbons (Fsp3) is 0.0500. The Bertz CT molecular complexity index is 1050. The molecule has 0 unspecified atom stereocenters.